The van der Waals surface area contributed by atoms with Gasteiger partial charge in [0.2, 0.25) is 0 Å². The van der Waals surface area contributed by atoms with Crippen molar-refractivity contribution in [3.63, 3.8) is 0 Å². The summed E-state index contributed by atoms with van der Waals surface area (Å²) < 4.78 is 7.11. The molecule has 1 fully saturated rings. The molecule has 0 radical (unpaired) electrons. The number of unbranched alkanes of at least 4 members (excludes halogenated alkanes) is 4. The minimum Gasteiger partial charge on any atom is -0.378 e. The number of halogens is 1. The Morgan fingerprint density at radius 2 is 1.77 bits per heavy atom. The molecule has 0 aliphatic heterocycles. The van der Waals surface area contributed by atoms with Crippen LogP contribution in [0.5, 0.6) is 0 Å². The van der Waals surface area contributed by atoms with E-state index in [0.717, 1.165) is 68.4 Å². The van der Waals surface area contributed by atoms with E-state index in [1.54, 1.807) is 0 Å². The average molecular weight is 495 g/mol. The van der Waals surface area contributed by atoms with E-state index in [0.29, 0.717) is 6.10 Å². The summed E-state index contributed by atoms with van der Waals surface area (Å²) >= 11 is 3.41. The number of nitrogens with one attached hydrogen (secondary N) is 2. The monoisotopic (exact) mass is 493 g/mol. The molecule has 0 saturated heterocycles. The van der Waals surface area contributed by atoms with E-state index < -0.39 is 0 Å². The molecular weight excluding hydrogens is 454 g/mol. The third-order valence-corrected chi connectivity index (χ3v) is 6.51. The molecule has 2 rings (SSSR count). The van der Waals surface area contributed by atoms with E-state index in [9.17, 15) is 4.79 Å². The molecule has 2 amide bonds. The maximum absolute atomic E-state index is 12.5. The minimum atomic E-state index is -0.0393. The fourth-order valence-corrected chi connectivity index (χ4v) is 4.24. The van der Waals surface area contributed by atoms with Crippen LogP contribution in [0.4, 0.5) is 10.5 Å². The van der Waals surface area contributed by atoms with Gasteiger partial charge in [-0.15, -0.1) is 6.58 Å². The van der Waals surface area contributed by atoms with Gasteiger partial charge in [-0.3, -0.25) is 0 Å². The Kier molecular flexibility index (Phi) is 12.9. The Labute approximate surface area is 197 Å². The summed E-state index contributed by atoms with van der Waals surface area (Å²) in [6, 6.07) is 7.92. The number of carbonyl (C=O) groups excluding carboxylic acids is 1. The van der Waals surface area contributed by atoms with E-state index in [1.165, 1.54) is 25.7 Å². The number of carbonyl (C=O) groups is 1. The summed E-state index contributed by atoms with van der Waals surface area (Å²) in [6.07, 6.45) is 13.7. The van der Waals surface area contributed by atoms with Crippen molar-refractivity contribution in [3.05, 3.63) is 41.4 Å². The van der Waals surface area contributed by atoms with Crippen molar-refractivity contribution in [1.29, 1.82) is 0 Å². The maximum Gasteiger partial charge on any atom is 0.321 e. The zero-order valence-electron chi connectivity index (χ0n) is 19.1. The number of urea groups is 1. The highest BCUT2D eigenvalue weighted by Gasteiger charge is 2.26. The Bertz CT molecular complexity index is 630. The Balaban J connectivity index is 1.49. The van der Waals surface area contributed by atoms with Crippen LogP contribution in [0.1, 0.15) is 64.2 Å². The number of ether oxygens (including phenoxy) is 1. The standard InChI is InChI=1S/C25H40BrN3O2/c1-3-4-18-27-19-8-6-5-7-9-20-31-24-16-14-23(15-17-24)29(2)25(30)28-22-12-10-21(26)11-13-22/h3,10-13,23-24,27H,1,4-9,14-20H2,2H3,(H,28,30). The normalized spacial score (nSPS) is 18.5. The highest BCUT2D eigenvalue weighted by atomic mass is 79.9. The molecule has 1 aliphatic carbocycles. The molecule has 1 aromatic rings. The van der Waals surface area contributed by atoms with Crippen molar-refractivity contribution in [1.82, 2.24) is 10.2 Å². The second-order valence-corrected chi connectivity index (χ2v) is 9.36. The van der Waals surface area contributed by atoms with Gasteiger partial charge >= 0.3 is 6.03 Å². The van der Waals surface area contributed by atoms with Crippen LogP contribution in [0.15, 0.2) is 41.4 Å². The van der Waals surface area contributed by atoms with Crippen LogP contribution >= 0.6 is 15.9 Å². The van der Waals surface area contributed by atoms with Gasteiger partial charge in [0, 0.05) is 29.9 Å². The third kappa shape index (κ3) is 10.7. The summed E-state index contributed by atoms with van der Waals surface area (Å²) in [5.74, 6) is 0. The first-order chi connectivity index (χ1) is 15.1. The van der Waals surface area contributed by atoms with Crippen molar-refractivity contribution in [2.75, 3.05) is 32.1 Å². The van der Waals surface area contributed by atoms with Gasteiger partial charge < -0.3 is 20.3 Å². The van der Waals surface area contributed by atoms with Gasteiger partial charge in [0.05, 0.1) is 6.10 Å². The van der Waals surface area contributed by atoms with E-state index in [-0.39, 0.29) is 12.1 Å². The first kappa shape index (κ1) is 25.9. The highest BCUT2D eigenvalue weighted by Crippen LogP contribution is 2.25. The highest BCUT2D eigenvalue weighted by molar-refractivity contribution is 9.10. The van der Waals surface area contributed by atoms with Crippen LogP contribution in [0.2, 0.25) is 0 Å². The van der Waals surface area contributed by atoms with E-state index in [4.69, 9.17) is 4.74 Å². The predicted molar refractivity (Wildman–Crippen MR) is 134 cm³/mol. The number of benzene rings is 1. The van der Waals surface area contributed by atoms with Crippen molar-refractivity contribution in [2.45, 2.75) is 76.4 Å². The lowest BCUT2D eigenvalue weighted by Gasteiger charge is -2.34. The number of hydrogen-bond acceptors (Lipinski definition) is 3. The molecule has 174 valence electrons. The van der Waals surface area contributed by atoms with Gasteiger partial charge in [-0.05, 0) is 82.3 Å². The molecule has 1 saturated carbocycles. The van der Waals surface area contributed by atoms with Crippen LogP contribution in [-0.2, 0) is 4.74 Å². The molecule has 0 aromatic heterocycles. The lowest BCUT2D eigenvalue weighted by molar-refractivity contribution is 0.0131. The molecule has 2 N–H and O–H groups in total. The second-order valence-electron chi connectivity index (χ2n) is 8.44. The number of amides is 2. The van der Waals surface area contributed by atoms with Crippen LogP contribution in [-0.4, -0.2) is 49.8 Å². The van der Waals surface area contributed by atoms with Gasteiger partial charge in [-0.25, -0.2) is 4.79 Å². The molecule has 1 aliphatic rings. The van der Waals surface area contributed by atoms with Crippen LogP contribution < -0.4 is 10.6 Å². The molecule has 0 heterocycles. The SMILES string of the molecule is C=CCCNCCCCCCCOC1CCC(N(C)C(=O)Nc2ccc(Br)cc2)CC1. The molecule has 6 heteroatoms. The Morgan fingerprint density at radius 1 is 1.10 bits per heavy atom. The van der Waals surface area contributed by atoms with Crippen molar-refractivity contribution in [3.8, 4) is 0 Å². The van der Waals surface area contributed by atoms with Crippen molar-refractivity contribution >= 4 is 27.6 Å². The van der Waals surface area contributed by atoms with Crippen LogP contribution in [0, 0.1) is 0 Å². The number of nitrogens with zero attached hydrogens (tertiary/aromatic N) is 1. The van der Waals surface area contributed by atoms with E-state index in [2.05, 4.69) is 33.1 Å². The van der Waals surface area contributed by atoms with Gasteiger partial charge in [0.15, 0.2) is 0 Å². The molecule has 0 unspecified atom stereocenters. The fourth-order valence-electron chi connectivity index (χ4n) is 3.97. The largest absolute Gasteiger partial charge is 0.378 e. The average Bonchev–Trinajstić information content (AvgIpc) is 2.79. The zero-order chi connectivity index (χ0) is 22.3. The minimum absolute atomic E-state index is 0.0393. The summed E-state index contributed by atoms with van der Waals surface area (Å²) in [7, 11) is 1.90. The van der Waals surface area contributed by atoms with Gasteiger partial charge in [-0.2, -0.15) is 0 Å². The van der Waals surface area contributed by atoms with E-state index in [1.807, 2.05) is 42.3 Å². The predicted octanol–water partition coefficient (Wildman–Crippen LogP) is 6.36. The van der Waals surface area contributed by atoms with Gasteiger partial charge in [0.25, 0.3) is 0 Å². The second kappa shape index (κ2) is 15.4. The van der Waals surface area contributed by atoms with E-state index >= 15 is 0 Å². The van der Waals surface area contributed by atoms with Crippen molar-refractivity contribution < 1.29 is 9.53 Å². The Hall–Kier alpha value is -1.37. The third-order valence-electron chi connectivity index (χ3n) is 5.98. The maximum atomic E-state index is 12.5. The molecule has 1 aromatic carbocycles. The summed E-state index contributed by atoms with van der Waals surface area (Å²) in [5, 5.41) is 6.42. The molecular formula is C25H40BrN3O2. The quantitative estimate of drug-likeness (QED) is 0.234. The fraction of sp³-hybridized carbons (Fsp3) is 0.640. The smallest absolute Gasteiger partial charge is 0.321 e. The number of hydrogen-bond donors (Lipinski definition) is 2. The lowest BCUT2D eigenvalue weighted by atomic mass is 9.92. The summed E-state index contributed by atoms with van der Waals surface area (Å²) in [4.78, 5) is 14.4. The molecule has 0 atom stereocenters. The molecule has 0 spiro atoms. The molecule has 31 heavy (non-hydrogen) atoms. The first-order valence-corrected chi connectivity index (χ1v) is 12.6. The number of anilines is 1. The van der Waals surface area contributed by atoms with Gasteiger partial charge in [-0.1, -0.05) is 41.3 Å². The Morgan fingerprint density at radius 3 is 2.48 bits per heavy atom. The number of rotatable bonds is 14. The summed E-state index contributed by atoms with van der Waals surface area (Å²) in [5.41, 5.74) is 0.820. The van der Waals surface area contributed by atoms with Crippen LogP contribution in [0.25, 0.3) is 0 Å². The molecule has 5 nitrogen and oxygen atoms in total. The van der Waals surface area contributed by atoms with Crippen molar-refractivity contribution in [2.24, 2.45) is 0 Å². The van der Waals surface area contributed by atoms with Crippen LogP contribution in [0.3, 0.4) is 0 Å². The summed E-state index contributed by atoms with van der Waals surface area (Å²) in [6.45, 7) is 6.76. The topological polar surface area (TPSA) is 53.6 Å². The zero-order valence-corrected chi connectivity index (χ0v) is 20.7. The first-order valence-electron chi connectivity index (χ1n) is 11.8. The van der Waals surface area contributed by atoms with Gasteiger partial charge in [0.1, 0.15) is 0 Å². The lowest BCUT2D eigenvalue weighted by Crippen LogP contribution is -2.42. The molecule has 0 bridgehead atoms.